The van der Waals surface area contributed by atoms with Crippen LogP contribution in [0.15, 0.2) is 48.2 Å². The van der Waals surface area contributed by atoms with E-state index in [9.17, 15) is 19.2 Å². The fraction of sp³-hybridized carbons (Fsp3) is 0.200. The molecule has 2 rings (SSSR count). The maximum absolute atomic E-state index is 12.5. The van der Waals surface area contributed by atoms with Crippen molar-refractivity contribution in [2.24, 2.45) is 5.73 Å². The Morgan fingerprint density at radius 2 is 1.91 bits per heavy atom. The van der Waals surface area contributed by atoms with E-state index in [0.717, 1.165) is 4.90 Å². The number of amides is 4. The molecule has 0 saturated carbocycles. The number of hydrogen-bond donors (Lipinski definition) is 2. The zero-order chi connectivity index (χ0) is 16.4. The van der Waals surface area contributed by atoms with E-state index in [1.807, 2.05) is 0 Å². The lowest BCUT2D eigenvalue weighted by Gasteiger charge is -2.27. The second-order valence-electron chi connectivity index (χ2n) is 4.80. The van der Waals surface area contributed by atoms with Gasteiger partial charge in [0.2, 0.25) is 11.8 Å². The van der Waals surface area contributed by atoms with E-state index < -0.39 is 29.7 Å². The van der Waals surface area contributed by atoms with Crippen LogP contribution in [0, 0.1) is 0 Å². The van der Waals surface area contributed by atoms with E-state index in [0.29, 0.717) is 0 Å². The number of carbonyl (C=O) groups excluding carboxylic acids is 4. The van der Waals surface area contributed by atoms with Crippen LogP contribution in [-0.4, -0.2) is 34.6 Å². The van der Waals surface area contributed by atoms with Crippen molar-refractivity contribution in [1.29, 1.82) is 0 Å². The number of carbonyl (C=O) groups is 4. The maximum Gasteiger partial charge on any atom is 0.264 e. The number of allylic oxidation sites excluding steroid dienone is 3. The normalized spacial score (nSPS) is 26.3. The lowest BCUT2D eigenvalue weighted by molar-refractivity contribution is -0.149. The largest absolute Gasteiger partial charge is 0.398 e. The second kappa shape index (κ2) is 5.80. The van der Waals surface area contributed by atoms with Gasteiger partial charge in [-0.3, -0.25) is 29.4 Å². The van der Waals surface area contributed by atoms with Gasteiger partial charge in [-0.2, -0.15) is 0 Å². The molecule has 0 aromatic heterocycles. The molecule has 1 atom stereocenters. The number of piperidine rings is 1. The maximum atomic E-state index is 12.5. The third-order valence-electron chi connectivity index (χ3n) is 3.47. The minimum atomic E-state index is -1.03. The summed E-state index contributed by atoms with van der Waals surface area (Å²) in [6.07, 6.45) is 4.11. The zero-order valence-electron chi connectivity index (χ0n) is 11.8. The highest BCUT2D eigenvalue weighted by Crippen LogP contribution is 2.30. The van der Waals surface area contributed by atoms with Crippen molar-refractivity contribution in [1.82, 2.24) is 10.2 Å². The molecule has 0 aromatic rings. The Morgan fingerprint density at radius 1 is 1.23 bits per heavy atom. The van der Waals surface area contributed by atoms with Crippen LogP contribution in [0.1, 0.15) is 12.8 Å². The minimum Gasteiger partial charge on any atom is -0.398 e. The molecule has 0 radical (unpaired) electrons. The summed E-state index contributed by atoms with van der Waals surface area (Å²) in [4.78, 5) is 48.9. The molecule has 2 aliphatic rings. The predicted molar refractivity (Wildman–Crippen MR) is 77.7 cm³/mol. The molecule has 7 heteroatoms. The molecule has 2 fully saturated rings. The van der Waals surface area contributed by atoms with Crippen LogP contribution < -0.4 is 11.1 Å². The Labute approximate surface area is 126 Å². The Bertz CT molecular complexity index is 672. The topological polar surface area (TPSA) is 110 Å². The molecule has 1 unspecified atom stereocenters. The average Bonchev–Trinajstić information content (AvgIpc) is 2.71. The lowest BCUT2D eigenvalue weighted by atomic mass is 10.0. The van der Waals surface area contributed by atoms with Gasteiger partial charge in [0.1, 0.15) is 6.04 Å². The molecule has 0 bridgehead atoms. The quantitative estimate of drug-likeness (QED) is 0.548. The van der Waals surface area contributed by atoms with Gasteiger partial charge < -0.3 is 5.73 Å². The number of nitrogens with zero attached hydrogens (tertiary/aromatic N) is 1. The molecular formula is C15H15N3O4. The third kappa shape index (κ3) is 2.37. The zero-order valence-corrected chi connectivity index (χ0v) is 11.8. The first-order valence-electron chi connectivity index (χ1n) is 6.59. The highest BCUT2D eigenvalue weighted by Gasteiger charge is 2.47. The van der Waals surface area contributed by atoms with Gasteiger partial charge in [-0.25, -0.2) is 0 Å². The number of likely N-dealkylation sites (tertiary alicyclic amines) is 1. The monoisotopic (exact) mass is 301 g/mol. The highest BCUT2D eigenvalue weighted by molar-refractivity contribution is 6.26. The standard InChI is InChI=1S/C15H15N3O4/c1-3-5-8-12(9(16)4-2)15(22)18(14(8)21)10-6-7-11(19)17-13(10)20/h3-5,10H,1-2,6-7,16H2,(H,17,19,20)/b8-5+,12-9-. The van der Waals surface area contributed by atoms with Gasteiger partial charge in [0.15, 0.2) is 0 Å². The van der Waals surface area contributed by atoms with Crippen LogP contribution >= 0.6 is 0 Å². The summed E-state index contributed by atoms with van der Waals surface area (Å²) in [5, 5.41) is 2.12. The smallest absolute Gasteiger partial charge is 0.264 e. The summed E-state index contributed by atoms with van der Waals surface area (Å²) in [6.45, 7) is 6.97. The van der Waals surface area contributed by atoms with Crippen molar-refractivity contribution in [3.05, 3.63) is 48.2 Å². The number of hydrogen-bond acceptors (Lipinski definition) is 5. The van der Waals surface area contributed by atoms with E-state index in [4.69, 9.17) is 5.73 Å². The Morgan fingerprint density at radius 3 is 2.45 bits per heavy atom. The van der Waals surface area contributed by atoms with Crippen LogP contribution in [-0.2, 0) is 19.2 Å². The molecule has 0 spiro atoms. The van der Waals surface area contributed by atoms with Crippen molar-refractivity contribution in [3.8, 4) is 0 Å². The molecule has 3 N–H and O–H groups in total. The van der Waals surface area contributed by atoms with Crippen molar-refractivity contribution in [2.45, 2.75) is 18.9 Å². The summed E-state index contributed by atoms with van der Waals surface area (Å²) in [5.74, 6) is -2.41. The van der Waals surface area contributed by atoms with Crippen molar-refractivity contribution in [2.75, 3.05) is 0 Å². The number of nitrogens with two attached hydrogens (primary N) is 1. The van der Waals surface area contributed by atoms with Crippen molar-refractivity contribution >= 4 is 23.6 Å². The third-order valence-corrected chi connectivity index (χ3v) is 3.47. The molecule has 4 amide bonds. The van der Waals surface area contributed by atoms with E-state index in [2.05, 4.69) is 18.5 Å². The SMILES string of the molecule is C=C/C=C1/C(=O)N(C2CCC(=O)NC2=O)C(=O)/C1=C(\N)C=C. The molecule has 0 aromatic carbocycles. The summed E-state index contributed by atoms with van der Waals surface area (Å²) >= 11 is 0. The molecule has 7 nitrogen and oxygen atoms in total. The predicted octanol–water partition coefficient (Wildman–Crippen LogP) is -0.328. The molecule has 0 aliphatic carbocycles. The van der Waals surface area contributed by atoms with E-state index in [1.165, 1.54) is 18.2 Å². The van der Waals surface area contributed by atoms with Gasteiger partial charge in [-0.1, -0.05) is 19.2 Å². The van der Waals surface area contributed by atoms with Crippen molar-refractivity contribution < 1.29 is 19.2 Å². The summed E-state index contributed by atoms with van der Waals surface area (Å²) in [5.41, 5.74) is 5.82. The minimum absolute atomic E-state index is 0.00963. The van der Waals surface area contributed by atoms with E-state index in [1.54, 1.807) is 0 Å². The van der Waals surface area contributed by atoms with Gasteiger partial charge in [0.05, 0.1) is 11.1 Å². The van der Waals surface area contributed by atoms with Crippen LogP contribution in [0.3, 0.4) is 0 Å². The molecule has 114 valence electrons. The Hall–Kier alpha value is -2.96. The van der Waals surface area contributed by atoms with Crippen LogP contribution in [0.2, 0.25) is 0 Å². The van der Waals surface area contributed by atoms with E-state index in [-0.39, 0.29) is 29.7 Å². The Kier molecular flexibility index (Phi) is 4.07. The van der Waals surface area contributed by atoms with Crippen LogP contribution in [0.5, 0.6) is 0 Å². The van der Waals surface area contributed by atoms with Gasteiger partial charge >= 0.3 is 0 Å². The fourth-order valence-corrected chi connectivity index (χ4v) is 2.43. The average molecular weight is 301 g/mol. The molecule has 22 heavy (non-hydrogen) atoms. The number of nitrogens with one attached hydrogen (secondary N) is 1. The van der Waals surface area contributed by atoms with Crippen LogP contribution in [0.25, 0.3) is 0 Å². The first-order valence-corrected chi connectivity index (χ1v) is 6.59. The molecule has 2 aliphatic heterocycles. The van der Waals surface area contributed by atoms with E-state index >= 15 is 0 Å². The highest BCUT2D eigenvalue weighted by atomic mass is 16.2. The van der Waals surface area contributed by atoms with Crippen LogP contribution in [0.4, 0.5) is 0 Å². The van der Waals surface area contributed by atoms with Gasteiger partial charge in [0.25, 0.3) is 11.8 Å². The van der Waals surface area contributed by atoms with Gasteiger partial charge in [-0.05, 0) is 18.6 Å². The van der Waals surface area contributed by atoms with Crippen molar-refractivity contribution in [3.63, 3.8) is 0 Å². The number of rotatable bonds is 3. The first-order chi connectivity index (χ1) is 10.4. The van der Waals surface area contributed by atoms with Gasteiger partial charge in [0, 0.05) is 12.1 Å². The number of imide groups is 2. The summed E-state index contributed by atoms with van der Waals surface area (Å²) < 4.78 is 0. The Balaban J connectivity index is 2.49. The molecule has 2 heterocycles. The molecule has 2 saturated heterocycles. The second-order valence-corrected chi connectivity index (χ2v) is 4.80. The molecular weight excluding hydrogens is 286 g/mol. The fourth-order valence-electron chi connectivity index (χ4n) is 2.43. The summed E-state index contributed by atoms with van der Waals surface area (Å²) in [7, 11) is 0. The summed E-state index contributed by atoms with van der Waals surface area (Å²) in [6, 6.07) is -1.03. The van der Waals surface area contributed by atoms with Gasteiger partial charge in [-0.15, -0.1) is 0 Å². The first kappa shape index (κ1) is 15.4. The lowest BCUT2D eigenvalue weighted by Crippen LogP contribution is -2.54.